The van der Waals surface area contributed by atoms with E-state index in [9.17, 15) is 9.90 Å². The highest BCUT2D eigenvalue weighted by Crippen LogP contribution is 2.33. The highest BCUT2D eigenvalue weighted by molar-refractivity contribution is 6.00. The van der Waals surface area contributed by atoms with E-state index in [0.29, 0.717) is 24.5 Å². The number of pyridine rings is 1. The van der Waals surface area contributed by atoms with E-state index in [4.69, 9.17) is 4.74 Å². The minimum atomic E-state index is -0.677. The number of nitrogens with zero attached hydrogens (tertiary/aromatic N) is 4. The first-order valence-corrected chi connectivity index (χ1v) is 11.5. The number of anilines is 1. The second-order valence-corrected chi connectivity index (χ2v) is 9.61. The van der Waals surface area contributed by atoms with Crippen molar-refractivity contribution in [2.45, 2.75) is 57.2 Å². The Labute approximate surface area is 192 Å². The smallest absolute Gasteiger partial charge is 0.255 e. The average Bonchev–Trinajstić information content (AvgIpc) is 3.20. The van der Waals surface area contributed by atoms with Gasteiger partial charge in [0.1, 0.15) is 5.69 Å². The molecule has 1 amide bonds. The monoisotopic (exact) mass is 450 g/mol. The van der Waals surface area contributed by atoms with Crippen molar-refractivity contribution in [3.05, 3.63) is 42.4 Å². The van der Waals surface area contributed by atoms with E-state index >= 15 is 0 Å². The maximum absolute atomic E-state index is 13.2. The summed E-state index contributed by atoms with van der Waals surface area (Å²) in [5.74, 6) is 0.126. The van der Waals surface area contributed by atoms with Crippen molar-refractivity contribution >= 4 is 17.2 Å². The van der Waals surface area contributed by atoms with Gasteiger partial charge in [0.15, 0.2) is 5.65 Å². The van der Waals surface area contributed by atoms with Crippen LogP contribution in [0.15, 0.2) is 36.8 Å². The molecule has 3 aromatic rings. The third-order valence-electron chi connectivity index (χ3n) is 6.75. The van der Waals surface area contributed by atoms with Gasteiger partial charge in [-0.3, -0.25) is 9.78 Å². The summed E-state index contributed by atoms with van der Waals surface area (Å²) < 4.78 is 7.04. The lowest BCUT2D eigenvalue weighted by Crippen LogP contribution is -2.43. The van der Waals surface area contributed by atoms with Gasteiger partial charge in [-0.15, -0.1) is 0 Å². The topological polar surface area (TPSA) is 114 Å². The van der Waals surface area contributed by atoms with Crippen LogP contribution in [-0.2, 0) is 4.74 Å². The predicted octanol–water partition coefficient (Wildman–Crippen LogP) is 2.66. The number of imidazole rings is 1. The minimum Gasteiger partial charge on any atom is -0.390 e. The molecule has 0 atom stereocenters. The van der Waals surface area contributed by atoms with Crippen molar-refractivity contribution in [2.75, 3.05) is 18.5 Å². The van der Waals surface area contributed by atoms with Gasteiger partial charge in [0.25, 0.3) is 5.91 Å². The average molecular weight is 451 g/mol. The number of fused-ring (bicyclic) bond motifs is 1. The SMILES string of the molecule is CC(C)(O)[C@H]1CC[C@H](NC(=O)c2cnc(-c3cnc4cccnn34)cc2NC2COC2)CC1. The Hall–Kier alpha value is -3.04. The summed E-state index contributed by atoms with van der Waals surface area (Å²) in [6.07, 6.45) is 8.59. The molecular weight excluding hydrogens is 420 g/mol. The molecule has 5 rings (SSSR count). The van der Waals surface area contributed by atoms with Crippen LogP contribution in [0.25, 0.3) is 17.0 Å². The molecule has 0 radical (unpaired) electrons. The van der Waals surface area contributed by atoms with Crippen LogP contribution in [0.3, 0.4) is 0 Å². The maximum atomic E-state index is 13.2. The molecule has 1 aliphatic heterocycles. The van der Waals surface area contributed by atoms with Crippen LogP contribution in [0.4, 0.5) is 5.69 Å². The summed E-state index contributed by atoms with van der Waals surface area (Å²) in [6.45, 7) is 4.95. The number of ether oxygens (including phenoxy) is 1. The molecule has 0 bridgehead atoms. The van der Waals surface area contributed by atoms with Crippen LogP contribution in [0, 0.1) is 5.92 Å². The molecule has 2 aliphatic rings. The van der Waals surface area contributed by atoms with Gasteiger partial charge in [0, 0.05) is 18.4 Å². The highest BCUT2D eigenvalue weighted by atomic mass is 16.5. The number of aromatic nitrogens is 4. The van der Waals surface area contributed by atoms with Gasteiger partial charge in [-0.1, -0.05) is 0 Å². The van der Waals surface area contributed by atoms with Crippen molar-refractivity contribution in [1.29, 1.82) is 0 Å². The number of aliphatic hydroxyl groups is 1. The van der Waals surface area contributed by atoms with Crippen LogP contribution in [0.2, 0.25) is 0 Å². The number of amides is 1. The van der Waals surface area contributed by atoms with E-state index in [1.807, 2.05) is 32.0 Å². The Bertz CT molecular complexity index is 1140. The van der Waals surface area contributed by atoms with Gasteiger partial charge in [0.2, 0.25) is 0 Å². The van der Waals surface area contributed by atoms with Gasteiger partial charge in [-0.05, 0) is 63.6 Å². The molecule has 2 fully saturated rings. The molecule has 33 heavy (non-hydrogen) atoms. The molecule has 1 saturated heterocycles. The summed E-state index contributed by atoms with van der Waals surface area (Å²) in [6, 6.07) is 5.87. The Balaban J connectivity index is 1.37. The van der Waals surface area contributed by atoms with Crippen molar-refractivity contribution in [3.63, 3.8) is 0 Å². The van der Waals surface area contributed by atoms with Crippen molar-refractivity contribution in [3.8, 4) is 11.4 Å². The van der Waals surface area contributed by atoms with E-state index in [1.165, 1.54) is 0 Å². The van der Waals surface area contributed by atoms with Crippen LogP contribution in [-0.4, -0.2) is 61.5 Å². The fourth-order valence-electron chi connectivity index (χ4n) is 4.65. The molecule has 9 nitrogen and oxygen atoms in total. The zero-order valence-electron chi connectivity index (χ0n) is 19.0. The molecular formula is C24H30N6O3. The molecule has 4 heterocycles. The summed E-state index contributed by atoms with van der Waals surface area (Å²) in [7, 11) is 0. The highest BCUT2D eigenvalue weighted by Gasteiger charge is 2.32. The zero-order chi connectivity index (χ0) is 23.0. The molecule has 1 aliphatic carbocycles. The number of rotatable bonds is 6. The quantitative estimate of drug-likeness (QED) is 0.529. The number of carbonyl (C=O) groups is 1. The maximum Gasteiger partial charge on any atom is 0.255 e. The van der Waals surface area contributed by atoms with Gasteiger partial charge in [-0.25, -0.2) is 9.50 Å². The van der Waals surface area contributed by atoms with Gasteiger partial charge >= 0.3 is 0 Å². The first-order chi connectivity index (χ1) is 15.9. The van der Waals surface area contributed by atoms with E-state index in [0.717, 1.165) is 42.7 Å². The van der Waals surface area contributed by atoms with Crippen LogP contribution in [0.1, 0.15) is 49.9 Å². The molecule has 3 aromatic heterocycles. The number of hydrogen-bond donors (Lipinski definition) is 3. The number of nitrogens with one attached hydrogen (secondary N) is 2. The first-order valence-electron chi connectivity index (χ1n) is 11.5. The second kappa shape index (κ2) is 8.72. The van der Waals surface area contributed by atoms with Gasteiger partial charge in [-0.2, -0.15) is 5.10 Å². The summed E-state index contributed by atoms with van der Waals surface area (Å²) >= 11 is 0. The Morgan fingerprint density at radius 2 is 1.94 bits per heavy atom. The Morgan fingerprint density at radius 1 is 1.15 bits per heavy atom. The minimum absolute atomic E-state index is 0.0960. The molecule has 0 unspecified atom stereocenters. The summed E-state index contributed by atoms with van der Waals surface area (Å²) in [5.41, 5.74) is 2.74. The molecule has 0 aromatic carbocycles. The number of hydrogen-bond acceptors (Lipinski definition) is 7. The molecule has 9 heteroatoms. The Kier molecular flexibility index (Phi) is 5.76. The Morgan fingerprint density at radius 3 is 2.64 bits per heavy atom. The van der Waals surface area contributed by atoms with Gasteiger partial charge < -0.3 is 20.5 Å². The first kappa shape index (κ1) is 21.8. The fraction of sp³-hybridized carbons (Fsp3) is 0.500. The van der Waals surface area contributed by atoms with E-state index in [2.05, 4.69) is 25.7 Å². The molecule has 174 valence electrons. The molecule has 3 N–H and O–H groups in total. The summed E-state index contributed by atoms with van der Waals surface area (Å²) in [5, 5.41) is 21.3. The van der Waals surface area contributed by atoms with Crippen LogP contribution < -0.4 is 10.6 Å². The largest absolute Gasteiger partial charge is 0.390 e. The van der Waals surface area contributed by atoms with Crippen LogP contribution >= 0.6 is 0 Å². The van der Waals surface area contributed by atoms with Crippen LogP contribution in [0.5, 0.6) is 0 Å². The summed E-state index contributed by atoms with van der Waals surface area (Å²) in [4.78, 5) is 22.2. The molecule has 0 spiro atoms. The zero-order valence-corrected chi connectivity index (χ0v) is 19.0. The normalized spacial score (nSPS) is 21.5. The van der Waals surface area contributed by atoms with Crippen molar-refractivity contribution in [1.82, 2.24) is 24.9 Å². The third kappa shape index (κ3) is 4.56. The lowest BCUT2D eigenvalue weighted by Gasteiger charge is -2.36. The fourth-order valence-corrected chi connectivity index (χ4v) is 4.65. The molecule has 1 saturated carbocycles. The lowest BCUT2D eigenvalue weighted by molar-refractivity contribution is -0.00257. The lowest BCUT2D eigenvalue weighted by atomic mass is 9.77. The van der Waals surface area contributed by atoms with E-state index in [-0.39, 0.29) is 23.9 Å². The van der Waals surface area contributed by atoms with Crippen molar-refractivity contribution in [2.24, 2.45) is 5.92 Å². The van der Waals surface area contributed by atoms with E-state index in [1.54, 1.807) is 23.1 Å². The third-order valence-corrected chi connectivity index (χ3v) is 6.75. The van der Waals surface area contributed by atoms with Gasteiger partial charge in [0.05, 0.1) is 48.0 Å². The standard InChI is InChI=1S/C24H30N6O3/c1-24(2,32)15-5-7-16(8-6-15)29-23(31)18-11-25-20(10-19(18)28-17-13-33-14-17)21-12-26-22-4-3-9-27-30(21)22/h3-4,9-12,15-17,32H,5-8,13-14H2,1-2H3,(H,25,28)(H,29,31)/t15-,16-. The van der Waals surface area contributed by atoms with Crippen molar-refractivity contribution < 1.29 is 14.6 Å². The number of carbonyl (C=O) groups excluding carboxylic acids is 1. The predicted molar refractivity (Wildman–Crippen MR) is 124 cm³/mol. The van der Waals surface area contributed by atoms with E-state index < -0.39 is 5.60 Å². The second-order valence-electron chi connectivity index (χ2n) is 9.61.